The van der Waals surface area contributed by atoms with Crippen molar-refractivity contribution >= 4 is 11.4 Å². The Hall–Kier alpha value is -4.28. The van der Waals surface area contributed by atoms with E-state index in [-0.39, 0.29) is 11.4 Å². The number of nitrogens with one attached hydrogen (secondary N) is 2. The molecular weight excluding hydrogens is 512 g/mol. The first kappa shape index (κ1) is 28.7. The first-order chi connectivity index (χ1) is 19.2. The minimum atomic E-state index is -1.01. The molecule has 0 radical (unpaired) electrons. The topological polar surface area (TPSA) is 158 Å². The van der Waals surface area contributed by atoms with Gasteiger partial charge in [-0.15, -0.1) is 0 Å². The third-order valence-corrected chi connectivity index (χ3v) is 7.55. The molecule has 2 unspecified atom stereocenters. The highest BCUT2D eigenvalue weighted by Crippen LogP contribution is 2.39. The number of aliphatic hydroxyl groups is 2. The van der Waals surface area contributed by atoms with Gasteiger partial charge in [-0.1, -0.05) is 27.7 Å². The lowest BCUT2D eigenvalue weighted by Crippen LogP contribution is -2.04. The number of benzene rings is 2. The molecule has 10 heteroatoms. The lowest BCUT2D eigenvalue weighted by Gasteiger charge is -2.12. The molecule has 4 rings (SSSR count). The summed E-state index contributed by atoms with van der Waals surface area (Å²) in [5.41, 5.74) is 8.01. The zero-order chi connectivity index (χ0) is 29.1. The maximum Gasteiger partial charge on any atom is 0.269 e. The molecule has 2 aromatic carbocycles. The van der Waals surface area contributed by atoms with Gasteiger partial charge in [0, 0.05) is 24.3 Å². The summed E-state index contributed by atoms with van der Waals surface area (Å²) in [5.74, 6) is 0. The minimum absolute atomic E-state index is 0.0433. The first-order valence-corrected chi connectivity index (χ1v) is 13.5. The van der Waals surface area contributed by atoms with Gasteiger partial charge in [-0.05, 0) is 83.3 Å². The van der Waals surface area contributed by atoms with E-state index < -0.39 is 22.1 Å². The number of H-pyrrole nitrogens is 2. The molecule has 0 aliphatic rings. The van der Waals surface area contributed by atoms with Crippen LogP contribution in [-0.2, 0) is 25.7 Å². The van der Waals surface area contributed by atoms with Crippen molar-refractivity contribution in [3.8, 4) is 11.4 Å². The average Bonchev–Trinajstić information content (AvgIpc) is 3.53. The zero-order valence-electron chi connectivity index (χ0n) is 23.0. The van der Waals surface area contributed by atoms with Gasteiger partial charge in [-0.25, -0.2) is 0 Å². The number of aromatic amines is 2. The van der Waals surface area contributed by atoms with Gasteiger partial charge in [-0.3, -0.25) is 20.2 Å². The quantitative estimate of drug-likeness (QED) is 0.129. The molecule has 2 aromatic heterocycles. The van der Waals surface area contributed by atoms with E-state index in [4.69, 9.17) is 0 Å². The molecular formula is C30H34N4O6. The molecule has 0 saturated carbocycles. The molecule has 0 bridgehead atoms. The van der Waals surface area contributed by atoms with Crippen LogP contribution in [0.2, 0.25) is 0 Å². The molecule has 0 spiro atoms. The molecule has 210 valence electrons. The van der Waals surface area contributed by atoms with Gasteiger partial charge in [0.25, 0.3) is 11.4 Å². The highest BCUT2D eigenvalue weighted by Gasteiger charge is 2.28. The maximum atomic E-state index is 11.3. The second-order valence-corrected chi connectivity index (χ2v) is 9.66. The zero-order valence-corrected chi connectivity index (χ0v) is 23.0. The largest absolute Gasteiger partial charge is 0.382 e. The van der Waals surface area contributed by atoms with E-state index in [9.17, 15) is 30.4 Å². The van der Waals surface area contributed by atoms with Crippen LogP contribution in [-0.4, -0.2) is 30.0 Å². The lowest BCUT2D eigenvalue weighted by atomic mass is 9.95. The Bertz CT molecular complexity index is 1400. The van der Waals surface area contributed by atoms with Crippen LogP contribution in [0.3, 0.4) is 0 Å². The predicted molar refractivity (Wildman–Crippen MR) is 152 cm³/mol. The summed E-state index contributed by atoms with van der Waals surface area (Å²) in [6.45, 7) is 8.15. The molecule has 10 nitrogen and oxygen atoms in total. The average molecular weight is 547 g/mol. The van der Waals surface area contributed by atoms with Crippen molar-refractivity contribution in [2.75, 3.05) is 0 Å². The van der Waals surface area contributed by atoms with Crippen molar-refractivity contribution in [3.63, 3.8) is 0 Å². The Balaban J connectivity index is 1.83. The van der Waals surface area contributed by atoms with Crippen LogP contribution in [0.1, 0.15) is 84.7 Å². The molecule has 0 saturated heterocycles. The first-order valence-electron chi connectivity index (χ1n) is 13.5. The molecule has 0 aliphatic heterocycles. The van der Waals surface area contributed by atoms with Gasteiger partial charge in [0.2, 0.25) is 0 Å². The Morgan fingerprint density at radius 1 is 0.600 bits per heavy atom. The molecule has 2 heterocycles. The van der Waals surface area contributed by atoms with Crippen LogP contribution in [0.4, 0.5) is 11.4 Å². The number of nitrogens with zero attached hydrogens (tertiary/aromatic N) is 2. The summed E-state index contributed by atoms with van der Waals surface area (Å²) in [5, 5.41) is 44.8. The summed E-state index contributed by atoms with van der Waals surface area (Å²) in [7, 11) is 0. The number of hydrogen-bond donors (Lipinski definition) is 4. The molecule has 0 amide bonds. The summed E-state index contributed by atoms with van der Waals surface area (Å²) >= 11 is 0. The number of aromatic nitrogens is 2. The molecule has 4 aromatic rings. The van der Waals surface area contributed by atoms with Crippen LogP contribution in [0.5, 0.6) is 0 Å². The summed E-state index contributed by atoms with van der Waals surface area (Å²) in [6, 6.07) is 11.8. The predicted octanol–water partition coefficient (Wildman–Crippen LogP) is 6.24. The number of nitro benzene ring substituents is 2. The van der Waals surface area contributed by atoms with Crippen molar-refractivity contribution in [1.29, 1.82) is 0 Å². The molecule has 0 aliphatic carbocycles. The van der Waals surface area contributed by atoms with Gasteiger partial charge in [-0.2, -0.15) is 0 Å². The number of nitro groups is 2. The van der Waals surface area contributed by atoms with Crippen molar-refractivity contribution < 1.29 is 20.1 Å². The van der Waals surface area contributed by atoms with E-state index in [0.29, 0.717) is 48.2 Å². The van der Waals surface area contributed by atoms with Gasteiger partial charge >= 0.3 is 0 Å². The summed E-state index contributed by atoms with van der Waals surface area (Å²) in [6.07, 6.45) is 0.717. The van der Waals surface area contributed by atoms with Crippen LogP contribution < -0.4 is 0 Å². The van der Waals surface area contributed by atoms with E-state index in [1.807, 2.05) is 13.8 Å². The van der Waals surface area contributed by atoms with Gasteiger partial charge in [0.15, 0.2) is 0 Å². The van der Waals surface area contributed by atoms with Crippen molar-refractivity contribution in [2.45, 2.75) is 65.6 Å². The summed E-state index contributed by atoms with van der Waals surface area (Å²) < 4.78 is 0. The smallest absolute Gasteiger partial charge is 0.269 e. The van der Waals surface area contributed by atoms with Crippen LogP contribution in [0.15, 0.2) is 48.5 Å². The van der Waals surface area contributed by atoms with E-state index in [1.165, 1.54) is 24.3 Å². The molecule has 40 heavy (non-hydrogen) atoms. The van der Waals surface area contributed by atoms with Crippen molar-refractivity contribution in [3.05, 3.63) is 114 Å². The number of rotatable bonds is 11. The lowest BCUT2D eigenvalue weighted by molar-refractivity contribution is -0.385. The fourth-order valence-corrected chi connectivity index (χ4v) is 5.57. The van der Waals surface area contributed by atoms with Crippen molar-refractivity contribution in [1.82, 2.24) is 9.97 Å². The highest BCUT2D eigenvalue weighted by molar-refractivity contribution is 5.70. The normalized spacial score (nSPS) is 12.8. The Morgan fingerprint density at radius 3 is 1.15 bits per heavy atom. The van der Waals surface area contributed by atoms with E-state index in [2.05, 4.69) is 23.8 Å². The maximum absolute atomic E-state index is 11.3. The minimum Gasteiger partial charge on any atom is -0.382 e. The molecule has 0 fully saturated rings. The second-order valence-electron chi connectivity index (χ2n) is 9.66. The van der Waals surface area contributed by atoms with E-state index in [0.717, 1.165) is 33.6 Å². The fourth-order valence-electron chi connectivity index (χ4n) is 5.57. The molecule has 2 atom stereocenters. The van der Waals surface area contributed by atoms with Crippen molar-refractivity contribution in [2.24, 2.45) is 0 Å². The van der Waals surface area contributed by atoms with Crippen LogP contribution in [0, 0.1) is 20.2 Å². The third-order valence-electron chi connectivity index (χ3n) is 7.55. The number of hydrogen-bond acceptors (Lipinski definition) is 6. The second kappa shape index (κ2) is 11.8. The SMILES string of the molecule is CCc1c(-c2[nH]c(C(O)c3ccc([N+](=O)[O-])cc3)c(CC)c2CC)[nH]c(C(O)c2ccc([N+](=O)[O-])cc2)c1CC. The molecule has 4 N–H and O–H groups in total. The Morgan fingerprint density at radius 2 is 0.900 bits per heavy atom. The Kier molecular flexibility index (Phi) is 8.51. The Labute approximate surface area is 232 Å². The van der Waals surface area contributed by atoms with E-state index in [1.54, 1.807) is 24.3 Å². The third kappa shape index (κ3) is 5.15. The number of aliphatic hydroxyl groups excluding tert-OH is 2. The standard InChI is InChI=1S/C30H34N4O6/c1-5-21-23(7-3)27(29(35)17-9-13-19(14-10-17)33(37)38)31-25(21)26-22(6-2)24(8-4)28(32-26)30(36)18-11-15-20(16-12-18)34(39)40/h9-16,29-32,35-36H,5-8H2,1-4H3. The monoisotopic (exact) mass is 546 g/mol. The van der Waals surface area contributed by atoms with Gasteiger partial charge in [0.1, 0.15) is 12.2 Å². The number of non-ortho nitro benzene ring substituents is 2. The highest BCUT2D eigenvalue weighted by atomic mass is 16.6. The van der Waals surface area contributed by atoms with Gasteiger partial charge in [0.05, 0.1) is 32.6 Å². The van der Waals surface area contributed by atoms with Gasteiger partial charge < -0.3 is 20.2 Å². The van der Waals surface area contributed by atoms with Crippen LogP contribution in [0.25, 0.3) is 11.4 Å². The van der Waals surface area contributed by atoms with Crippen LogP contribution >= 0.6 is 0 Å². The summed E-state index contributed by atoms with van der Waals surface area (Å²) in [4.78, 5) is 28.2. The van der Waals surface area contributed by atoms with E-state index >= 15 is 0 Å². The fraction of sp³-hybridized carbons (Fsp3) is 0.333.